The zero-order valence-electron chi connectivity index (χ0n) is 12.0. The van der Waals surface area contributed by atoms with Crippen LogP contribution in [-0.4, -0.2) is 13.7 Å². The van der Waals surface area contributed by atoms with Crippen molar-refractivity contribution < 1.29 is 4.74 Å². The summed E-state index contributed by atoms with van der Waals surface area (Å²) in [5.41, 5.74) is 8.50. The van der Waals surface area contributed by atoms with Crippen LogP contribution < -0.4 is 15.8 Å². The second-order valence-electron chi connectivity index (χ2n) is 6.30. The third-order valence-electron chi connectivity index (χ3n) is 5.10. The Labute approximate surface area is 110 Å². The first kappa shape index (κ1) is 13.1. The maximum Gasteiger partial charge on any atom is 0.143 e. The van der Waals surface area contributed by atoms with Crippen LogP contribution in [-0.2, 0) is 0 Å². The predicted octanol–water partition coefficient (Wildman–Crippen LogP) is 3.37. The molecule has 3 N–H and O–H groups in total. The van der Waals surface area contributed by atoms with Crippen LogP contribution in [0.4, 0.5) is 11.4 Å². The van der Waals surface area contributed by atoms with Crippen molar-refractivity contribution in [2.24, 2.45) is 16.7 Å². The van der Waals surface area contributed by atoms with Crippen LogP contribution in [0.5, 0.6) is 5.75 Å². The molecule has 2 rings (SSSR count). The Morgan fingerprint density at radius 2 is 1.83 bits per heavy atom. The monoisotopic (exact) mass is 248 g/mol. The van der Waals surface area contributed by atoms with Crippen LogP contribution >= 0.6 is 0 Å². The molecule has 1 aromatic rings. The summed E-state index contributed by atoms with van der Waals surface area (Å²) in [6.07, 6.45) is 0. The van der Waals surface area contributed by atoms with Crippen molar-refractivity contribution in [2.45, 2.75) is 27.7 Å². The lowest BCUT2D eigenvalue weighted by atomic mass is 10.0. The Hall–Kier alpha value is -1.38. The number of nitrogens with two attached hydrogens (primary N) is 1. The van der Waals surface area contributed by atoms with E-state index in [0.29, 0.717) is 22.4 Å². The number of anilines is 2. The fourth-order valence-corrected chi connectivity index (χ4v) is 2.93. The molecule has 100 valence electrons. The summed E-state index contributed by atoms with van der Waals surface area (Å²) in [6, 6.07) is 5.84. The predicted molar refractivity (Wildman–Crippen MR) is 76.9 cm³/mol. The largest absolute Gasteiger partial charge is 0.495 e. The van der Waals surface area contributed by atoms with Crippen molar-refractivity contribution in [3.05, 3.63) is 18.2 Å². The summed E-state index contributed by atoms with van der Waals surface area (Å²) in [4.78, 5) is 0. The van der Waals surface area contributed by atoms with E-state index < -0.39 is 0 Å². The van der Waals surface area contributed by atoms with E-state index in [2.05, 4.69) is 33.0 Å². The Morgan fingerprint density at radius 1 is 1.22 bits per heavy atom. The lowest BCUT2D eigenvalue weighted by Crippen LogP contribution is -2.10. The maximum absolute atomic E-state index is 6.05. The van der Waals surface area contributed by atoms with Crippen LogP contribution in [0.1, 0.15) is 27.7 Å². The van der Waals surface area contributed by atoms with E-state index in [0.717, 1.165) is 18.0 Å². The summed E-state index contributed by atoms with van der Waals surface area (Å²) in [5, 5.41) is 3.46. The van der Waals surface area contributed by atoms with Gasteiger partial charge >= 0.3 is 0 Å². The number of nitrogens with one attached hydrogen (secondary N) is 1. The molecule has 3 heteroatoms. The molecule has 0 radical (unpaired) electrons. The smallest absolute Gasteiger partial charge is 0.143 e. The molecule has 1 aliphatic carbocycles. The van der Waals surface area contributed by atoms with E-state index in [4.69, 9.17) is 10.5 Å². The van der Waals surface area contributed by atoms with Crippen molar-refractivity contribution in [1.29, 1.82) is 0 Å². The Morgan fingerprint density at radius 3 is 2.33 bits per heavy atom. The SMILES string of the molecule is COc1cccc(NCC2C(C)(C)C2(C)C)c1N. The third-order valence-corrected chi connectivity index (χ3v) is 5.10. The number of para-hydroxylation sites is 1. The Kier molecular flexibility index (Phi) is 2.96. The highest BCUT2D eigenvalue weighted by Crippen LogP contribution is 2.68. The average Bonchev–Trinajstić information content (AvgIpc) is 2.69. The van der Waals surface area contributed by atoms with Gasteiger partial charge in [0.15, 0.2) is 0 Å². The van der Waals surface area contributed by atoms with Gasteiger partial charge < -0.3 is 15.8 Å². The Bertz CT molecular complexity index is 438. The molecule has 0 aromatic heterocycles. The fourth-order valence-electron chi connectivity index (χ4n) is 2.93. The van der Waals surface area contributed by atoms with E-state index in [9.17, 15) is 0 Å². The van der Waals surface area contributed by atoms with Gasteiger partial charge in [0.1, 0.15) is 5.75 Å². The molecular formula is C15H24N2O. The highest BCUT2D eigenvalue weighted by Gasteiger charge is 2.64. The van der Waals surface area contributed by atoms with Gasteiger partial charge in [-0.2, -0.15) is 0 Å². The molecule has 3 nitrogen and oxygen atoms in total. The number of benzene rings is 1. The molecule has 0 saturated heterocycles. The normalized spacial score (nSPS) is 20.5. The standard InChI is InChI=1S/C15H24N2O/c1-14(2)12(15(14,3)4)9-17-10-7-6-8-11(18-5)13(10)16/h6-8,12,17H,9,16H2,1-5H3. The first-order valence-corrected chi connectivity index (χ1v) is 6.48. The summed E-state index contributed by atoms with van der Waals surface area (Å²) in [5.74, 6) is 1.41. The molecule has 0 atom stereocenters. The van der Waals surface area contributed by atoms with E-state index in [-0.39, 0.29) is 0 Å². The maximum atomic E-state index is 6.05. The molecule has 1 aliphatic rings. The highest BCUT2D eigenvalue weighted by atomic mass is 16.5. The molecule has 18 heavy (non-hydrogen) atoms. The molecule has 1 fully saturated rings. The van der Waals surface area contributed by atoms with Gasteiger partial charge in [-0.15, -0.1) is 0 Å². The topological polar surface area (TPSA) is 47.3 Å². The average molecular weight is 248 g/mol. The summed E-state index contributed by atoms with van der Waals surface area (Å²) >= 11 is 0. The zero-order chi connectivity index (χ0) is 13.6. The van der Waals surface area contributed by atoms with Gasteiger partial charge in [-0.3, -0.25) is 0 Å². The molecule has 0 bridgehead atoms. The molecule has 0 unspecified atom stereocenters. The van der Waals surface area contributed by atoms with Crippen LogP contribution in [0.25, 0.3) is 0 Å². The Balaban J connectivity index is 2.05. The van der Waals surface area contributed by atoms with Crippen molar-refractivity contribution in [2.75, 3.05) is 24.7 Å². The molecule has 0 heterocycles. The van der Waals surface area contributed by atoms with E-state index in [1.165, 1.54) is 0 Å². The lowest BCUT2D eigenvalue weighted by molar-refractivity contribution is 0.417. The van der Waals surface area contributed by atoms with E-state index in [1.54, 1.807) is 7.11 Å². The van der Waals surface area contributed by atoms with Gasteiger partial charge in [0.25, 0.3) is 0 Å². The first-order valence-electron chi connectivity index (χ1n) is 6.48. The number of hydrogen-bond acceptors (Lipinski definition) is 3. The van der Waals surface area contributed by atoms with Crippen molar-refractivity contribution >= 4 is 11.4 Å². The summed E-state index contributed by atoms with van der Waals surface area (Å²) < 4.78 is 5.22. The minimum atomic E-state index is 0.396. The molecule has 0 aliphatic heterocycles. The van der Waals surface area contributed by atoms with Gasteiger partial charge in [-0.1, -0.05) is 33.8 Å². The van der Waals surface area contributed by atoms with Gasteiger partial charge in [0, 0.05) is 6.54 Å². The molecule has 0 spiro atoms. The second-order valence-corrected chi connectivity index (χ2v) is 6.30. The van der Waals surface area contributed by atoms with Crippen LogP contribution in [0.2, 0.25) is 0 Å². The minimum Gasteiger partial charge on any atom is -0.495 e. The fraction of sp³-hybridized carbons (Fsp3) is 0.600. The number of methoxy groups -OCH3 is 1. The molecule has 0 amide bonds. The van der Waals surface area contributed by atoms with Crippen molar-refractivity contribution in [1.82, 2.24) is 0 Å². The second kappa shape index (κ2) is 4.08. The summed E-state index contributed by atoms with van der Waals surface area (Å²) in [7, 11) is 1.64. The van der Waals surface area contributed by atoms with Crippen LogP contribution in [0.3, 0.4) is 0 Å². The van der Waals surface area contributed by atoms with Gasteiger partial charge in [0.05, 0.1) is 18.5 Å². The van der Waals surface area contributed by atoms with Gasteiger partial charge in [-0.25, -0.2) is 0 Å². The molecule has 1 saturated carbocycles. The van der Waals surface area contributed by atoms with Gasteiger partial charge in [0.2, 0.25) is 0 Å². The van der Waals surface area contributed by atoms with Crippen LogP contribution in [0.15, 0.2) is 18.2 Å². The number of hydrogen-bond donors (Lipinski definition) is 2. The summed E-state index contributed by atoms with van der Waals surface area (Å²) in [6.45, 7) is 10.3. The van der Waals surface area contributed by atoms with E-state index in [1.807, 2.05) is 18.2 Å². The van der Waals surface area contributed by atoms with Crippen molar-refractivity contribution in [3.63, 3.8) is 0 Å². The minimum absolute atomic E-state index is 0.396. The van der Waals surface area contributed by atoms with Gasteiger partial charge in [-0.05, 0) is 28.9 Å². The number of ether oxygens (including phenoxy) is 1. The molecule has 1 aromatic carbocycles. The number of rotatable bonds is 4. The number of nitrogen functional groups attached to an aromatic ring is 1. The lowest BCUT2D eigenvalue weighted by Gasteiger charge is -2.12. The zero-order valence-corrected chi connectivity index (χ0v) is 12.0. The first-order chi connectivity index (χ1) is 8.32. The van der Waals surface area contributed by atoms with Crippen molar-refractivity contribution in [3.8, 4) is 5.75 Å². The van der Waals surface area contributed by atoms with E-state index >= 15 is 0 Å². The quantitative estimate of drug-likeness (QED) is 0.803. The highest BCUT2D eigenvalue weighted by molar-refractivity contribution is 5.72. The van der Waals surface area contributed by atoms with Crippen LogP contribution in [0, 0.1) is 16.7 Å². The molecular weight excluding hydrogens is 224 g/mol. The third kappa shape index (κ3) is 1.82.